The first kappa shape index (κ1) is 20.9. The quantitative estimate of drug-likeness (QED) is 0.273. The summed E-state index contributed by atoms with van der Waals surface area (Å²) in [5, 5.41) is 7.27. The number of hydrogen-bond donors (Lipinski definition) is 0. The molecule has 0 fully saturated rings. The summed E-state index contributed by atoms with van der Waals surface area (Å²) in [4.78, 5) is 11.2. The lowest BCUT2D eigenvalue weighted by molar-refractivity contribution is 0.295. The van der Waals surface area contributed by atoms with Crippen LogP contribution in [0, 0.1) is 19.9 Å². The van der Waals surface area contributed by atoms with Gasteiger partial charge >= 0.3 is 0 Å². The maximum atomic E-state index is 6.16. The Morgan fingerprint density at radius 2 is 1.94 bits per heavy atom. The molecule has 0 unspecified atom stereocenters. The van der Waals surface area contributed by atoms with E-state index < -0.39 is 0 Å². The average molecular weight is 488 g/mol. The number of thiazole rings is 1. The van der Waals surface area contributed by atoms with E-state index in [1.54, 1.807) is 34.3 Å². The van der Waals surface area contributed by atoms with Crippen LogP contribution in [-0.2, 0) is 6.61 Å². The van der Waals surface area contributed by atoms with E-state index in [9.17, 15) is 0 Å². The normalized spacial score (nSPS) is 11.5. The second-order valence-corrected chi connectivity index (χ2v) is 10.1. The van der Waals surface area contributed by atoms with Crippen LogP contribution in [0.4, 0.5) is 0 Å². The van der Waals surface area contributed by atoms with E-state index in [0.717, 1.165) is 42.1 Å². The summed E-state index contributed by atoms with van der Waals surface area (Å²) >= 11 is 3.15. The van der Waals surface area contributed by atoms with E-state index in [2.05, 4.69) is 16.1 Å². The van der Waals surface area contributed by atoms with Crippen LogP contribution in [0.25, 0.3) is 38.0 Å². The second kappa shape index (κ2) is 8.27. The molecular formula is C25H19N4O3S2. The van der Waals surface area contributed by atoms with Crippen molar-refractivity contribution >= 4 is 38.6 Å². The van der Waals surface area contributed by atoms with Crippen LogP contribution in [0.15, 0.2) is 53.1 Å². The number of fused-ring (bicyclic) bond motifs is 2. The van der Waals surface area contributed by atoms with Crippen LogP contribution in [0.2, 0.25) is 0 Å². The van der Waals surface area contributed by atoms with E-state index in [-0.39, 0.29) is 0 Å². The van der Waals surface area contributed by atoms with Crippen LogP contribution in [0.5, 0.6) is 11.6 Å². The van der Waals surface area contributed by atoms with Crippen LogP contribution >= 0.6 is 22.7 Å². The van der Waals surface area contributed by atoms with Crippen molar-refractivity contribution in [3.05, 3.63) is 70.2 Å². The molecule has 6 aromatic rings. The third-order valence-corrected chi connectivity index (χ3v) is 7.25. The fourth-order valence-corrected chi connectivity index (χ4v) is 5.37. The van der Waals surface area contributed by atoms with Crippen molar-refractivity contribution < 1.29 is 13.9 Å². The summed E-state index contributed by atoms with van der Waals surface area (Å²) in [6.07, 6.45) is 1.88. The molecule has 4 heterocycles. The zero-order valence-electron chi connectivity index (χ0n) is 18.7. The van der Waals surface area contributed by atoms with Gasteiger partial charge in [-0.3, -0.25) is 0 Å². The molecule has 0 aliphatic rings. The number of nitrogens with zero attached hydrogens (tertiary/aromatic N) is 4. The zero-order valence-corrected chi connectivity index (χ0v) is 20.3. The number of aromatic nitrogens is 4. The number of benzene rings is 2. The van der Waals surface area contributed by atoms with Gasteiger partial charge in [-0.25, -0.2) is 14.5 Å². The Bertz CT molecular complexity index is 1600. The molecule has 0 bridgehead atoms. The summed E-state index contributed by atoms with van der Waals surface area (Å²) in [6, 6.07) is 16.6. The minimum Gasteiger partial charge on any atom is -0.497 e. The van der Waals surface area contributed by atoms with Crippen molar-refractivity contribution in [1.82, 2.24) is 19.6 Å². The van der Waals surface area contributed by atoms with Gasteiger partial charge in [0.1, 0.15) is 33.6 Å². The van der Waals surface area contributed by atoms with E-state index in [0.29, 0.717) is 29.6 Å². The summed E-state index contributed by atoms with van der Waals surface area (Å²) in [7, 11) is 1.64. The van der Waals surface area contributed by atoms with Crippen LogP contribution in [0.1, 0.15) is 15.4 Å². The summed E-state index contributed by atoms with van der Waals surface area (Å²) in [6.45, 7) is 4.31. The molecule has 0 atom stereocenters. The van der Waals surface area contributed by atoms with Crippen LogP contribution in [0.3, 0.4) is 0 Å². The van der Waals surface area contributed by atoms with Crippen molar-refractivity contribution in [2.45, 2.75) is 20.5 Å². The maximum Gasteiger partial charge on any atom is 0.228 e. The molecule has 4 aromatic heterocycles. The Morgan fingerprint density at radius 3 is 2.74 bits per heavy atom. The highest BCUT2D eigenvalue weighted by atomic mass is 32.1. The molecule has 0 amide bonds. The molecule has 169 valence electrons. The van der Waals surface area contributed by atoms with Crippen LogP contribution < -0.4 is 9.47 Å². The highest BCUT2D eigenvalue weighted by Crippen LogP contribution is 2.35. The van der Waals surface area contributed by atoms with Gasteiger partial charge in [-0.2, -0.15) is 5.10 Å². The number of furan rings is 1. The summed E-state index contributed by atoms with van der Waals surface area (Å²) in [5.74, 6) is 2.00. The second-order valence-electron chi connectivity index (χ2n) is 7.74. The number of hydrogen-bond acceptors (Lipinski definition) is 8. The van der Waals surface area contributed by atoms with Gasteiger partial charge in [0, 0.05) is 22.6 Å². The highest BCUT2D eigenvalue weighted by molar-refractivity contribution is 7.16. The third-order valence-electron chi connectivity index (χ3n) is 5.41. The first-order chi connectivity index (χ1) is 16.6. The van der Waals surface area contributed by atoms with Crippen molar-refractivity contribution in [2.75, 3.05) is 7.11 Å². The Hall–Kier alpha value is -3.69. The fourth-order valence-electron chi connectivity index (χ4n) is 3.78. The molecule has 7 nitrogen and oxygen atoms in total. The smallest absolute Gasteiger partial charge is 0.228 e. The standard InChI is InChI=1S/C25H19N4O3S2/c1-14-23(27-24(33-14)16-7-5-4-6-8-16)31-13-17-9-18(30-3)10-21-19(17)11-22(32-21)20-12-29-25(26-20)34-15(2)28-29/h5-12H,13H2,1-3H3. The van der Waals surface area contributed by atoms with Gasteiger partial charge in [0.15, 0.2) is 5.76 Å². The lowest BCUT2D eigenvalue weighted by atomic mass is 10.1. The largest absolute Gasteiger partial charge is 0.497 e. The lowest BCUT2D eigenvalue weighted by Gasteiger charge is -2.07. The first-order valence-corrected chi connectivity index (χ1v) is 12.2. The van der Waals surface area contributed by atoms with Gasteiger partial charge < -0.3 is 13.9 Å². The van der Waals surface area contributed by atoms with E-state index in [4.69, 9.17) is 18.9 Å². The molecule has 0 aliphatic carbocycles. The molecule has 0 saturated carbocycles. The Labute approximate surface area is 203 Å². The third kappa shape index (κ3) is 3.72. The van der Waals surface area contributed by atoms with Gasteiger partial charge in [-0.1, -0.05) is 35.6 Å². The monoisotopic (exact) mass is 487 g/mol. The van der Waals surface area contributed by atoms with E-state index in [1.807, 2.05) is 62.5 Å². The topological polar surface area (TPSA) is 74.7 Å². The molecule has 6 rings (SSSR count). The predicted octanol–water partition coefficient (Wildman–Crippen LogP) is 6.33. The number of ether oxygens (including phenoxy) is 2. The lowest BCUT2D eigenvalue weighted by Crippen LogP contribution is -1.98. The molecule has 0 spiro atoms. The SMILES string of the molecule is COc1cc(COc2nc(-c3cc[c]cc3)sc2C)c2cc(-c3cn4nc(C)sc4n3)oc2c1. The van der Waals surface area contributed by atoms with E-state index in [1.165, 1.54) is 0 Å². The molecular weight excluding hydrogens is 468 g/mol. The molecule has 0 aliphatic heterocycles. The minimum atomic E-state index is 0.332. The minimum absolute atomic E-state index is 0.332. The molecule has 2 aromatic carbocycles. The molecule has 1 radical (unpaired) electrons. The number of methoxy groups -OCH3 is 1. The van der Waals surface area contributed by atoms with Gasteiger partial charge in [0.05, 0.1) is 18.2 Å². The Kier molecular flexibility index (Phi) is 5.08. The number of rotatable bonds is 6. The van der Waals surface area contributed by atoms with Gasteiger partial charge in [-0.05, 0) is 32.0 Å². The van der Waals surface area contributed by atoms with Crippen molar-refractivity contribution in [2.24, 2.45) is 0 Å². The average Bonchev–Trinajstić information content (AvgIpc) is 3.60. The van der Waals surface area contributed by atoms with Crippen molar-refractivity contribution in [3.63, 3.8) is 0 Å². The van der Waals surface area contributed by atoms with Crippen molar-refractivity contribution in [3.8, 4) is 33.7 Å². The fraction of sp³-hybridized carbons (Fsp3) is 0.160. The summed E-state index contributed by atoms with van der Waals surface area (Å²) < 4.78 is 19.6. The molecule has 9 heteroatoms. The van der Waals surface area contributed by atoms with Gasteiger partial charge in [0.2, 0.25) is 10.8 Å². The Balaban J connectivity index is 1.33. The van der Waals surface area contributed by atoms with Gasteiger partial charge in [-0.15, -0.1) is 11.3 Å². The van der Waals surface area contributed by atoms with Gasteiger partial charge in [0.25, 0.3) is 0 Å². The van der Waals surface area contributed by atoms with E-state index >= 15 is 0 Å². The Morgan fingerprint density at radius 1 is 1.09 bits per heavy atom. The molecule has 0 saturated heterocycles. The van der Waals surface area contributed by atoms with Crippen molar-refractivity contribution in [1.29, 1.82) is 0 Å². The zero-order chi connectivity index (χ0) is 23.2. The summed E-state index contributed by atoms with van der Waals surface area (Å²) in [5.41, 5.74) is 3.45. The number of aryl methyl sites for hydroxylation is 2. The van der Waals surface area contributed by atoms with Crippen LogP contribution in [-0.4, -0.2) is 26.7 Å². The number of imidazole rings is 1. The highest BCUT2D eigenvalue weighted by Gasteiger charge is 2.17. The predicted molar refractivity (Wildman–Crippen MR) is 133 cm³/mol. The maximum absolute atomic E-state index is 6.16. The first-order valence-electron chi connectivity index (χ1n) is 10.6. The molecule has 34 heavy (non-hydrogen) atoms. The molecule has 0 N–H and O–H groups in total.